The number of benzene rings is 1. The number of nitrogens with one attached hydrogen (secondary N) is 1. The summed E-state index contributed by atoms with van der Waals surface area (Å²) in [6.45, 7) is 3.06. The molecule has 0 unspecified atom stereocenters. The number of carbonyl (C=O) groups excluding carboxylic acids is 1. The average molecular weight is 392 g/mol. The molecule has 0 spiro atoms. The molecule has 1 N–H and O–H groups in total. The quantitative estimate of drug-likeness (QED) is 0.789. The molecule has 0 atom stereocenters. The third-order valence-electron chi connectivity index (χ3n) is 4.76. The van der Waals surface area contributed by atoms with E-state index in [0.29, 0.717) is 19.0 Å². The zero-order valence-corrected chi connectivity index (χ0v) is 16.3. The van der Waals surface area contributed by atoms with Crippen LogP contribution in [0.2, 0.25) is 0 Å². The number of aryl methyl sites for hydroxylation is 1. The first-order chi connectivity index (χ1) is 12.6. The Balaban J connectivity index is 1.48. The fourth-order valence-electron chi connectivity index (χ4n) is 3.57. The van der Waals surface area contributed by atoms with Gasteiger partial charge in [-0.3, -0.25) is 4.79 Å². The van der Waals surface area contributed by atoms with Crippen LogP contribution in [0.5, 0.6) is 11.5 Å². The molecule has 2 heterocycles. The average Bonchev–Trinajstić information content (AvgIpc) is 3.29. The number of aromatic nitrogens is 2. The number of ether oxygens (including phenoxy) is 2. The Morgan fingerprint density at radius 3 is 2.73 bits per heavy atom. The minimum Gasteiger partial charge on any atom is -0.486 e. The summed E-state index contributed by atoms with van der Waals surface area (Å²) in [6.07, 6.45) is 4.11. The first-order valence-corrected chi connectivity index (χ1v) is 10.6. The molecule has 2 aromatic rings. The Labute approximate surface area is 160 Å². The SMILES string of the molecule is Cc1nnc(SCC(=O)NC2(c3ccc4c(c3)OCCO4)CCCC2)s1. The van der Waals surface area contributed by atoms with E-state index in [-0.39, 0.29) is 11.4 Å². The molecule has 1 aliphatic heterocycles. The number of carbonyl (C=O) groups is 1. The molecule has 0 bridgehead atoms. The summed E-state index contributed by atoms with van der Waals surface area (Å²) < 4.78 is 12.2. The van der Waals surface area contributed by atoms with Crippen LogP contribution in [-0.2, 0) is 10.3 Å². The maximum absolute atomic E-state index is 12.6. The second-order valence-electron chi connectivity index (χ2n) is 6.57. The zero-order valence-electron chi connectivity index (χ0n) is 14.6. The van der Waals surface area contributed by atoms with E-state index in [0.717, 1.165) is 52.1 Å². The summed E-state index contributed by atoms with van der Waals surface area (Å²) >= 11 is 2.95. The molecule has 1 amide bonds. The van der Waals surface area contributed by atoms with Gasteiger partial charge in [-0.05, 0) is 37.5 Å². The van der Waals surface area contributed by atoms with Crippen LogP contribution in [0.4, 0.5) is 0 Å². The number of hydrogen-bond acceptors (Lipinski definition) is 7. The summed E-state index contributed by atoms with van der Waals surface area (Å²) in [6, 6.07) is 6.04. The van der Waals surface area contributed by atoms with Crippen LogP contribution in [0.3, 0.4) is 0 Å². The lowest BCUT2D eigenvalue weighted by atomic mass is 9.87. The largest absolute Gasteiger partial charge is 0.486 e. The highest BCUT2D eigenvalue weighted by Gasteiger charge is 2.37. The fourth-order valence-corrected chi connectivity index (χ4v) is 5.19. The number of thioether (sulfide) groups is 1. The van der Waals surface area contributed by atoms with E-state index in [1.54, 1.807) is 0 Å². The van der Waals surface area contributed by atoms with Crippen molar-refractivity contribution in [2.24, 2.45) is 0 Å². The zero-order chi connectivity index (χ0) is 18.0. The molecule has 0 radical (unpaired) electrons. The molecule has 1 fully saturated rings. The highest BCUT2D eigenvalue weighted by molar-refractivity contribution is 8.01. The van der Waals surface area contributed by atoms with Gasteiger partial charge in [-0.1, -0.05) is 42.0 Å². The molecule has 6 nitrogen and oxygen atoms in total. The molecular weight excluding hydrogens is 370 g/mol. The first kappa shape index (κ1) is 17.6. The van der Waals surface area contributed by atoms with Gasteiger partial charge in [0, 0.05) is 0 Å². The van der Waals surface area contributed by atoms with Crippen molar-refractivity contribution in [1.82, 2.24) is 15.5 Å². The molecule has 1 saturated carbocycles. The number of hydrogen-bond donors (Lipinski definition) is 1. The van der Waals surface area contributed by atoms with E-state index in [9.17, 15) is 4.79 Å². The van der Waals surface area contributed by atoms with Crippen LogP contribution in [0.1, 0.15) is 36.3 Å². The smallest absolute Gasteiger partial charge is 0.231 e. The van der Waals surface area contributed by atoms with Crippen LogP contribution in [0.15, 0.2) is 22.5 Å². The van der Waals surface area contributed by atoms with E-state index in [1.165, 1.54) is 23.1 Å². The Hall–Kier alpha value is -1.80. The van der Waals surface area contributed by atoms with E-state index in [1.807, 2.05) is 19.1 Å². The van der Waals surface area contributed by atoms with Gasteiger partial charge in [0.05, 0.1) is 11.3 Å². The van der Waals surface area contributed by atoms with Gasteiger partial charge in [0.25, 0.3) is 0 Å². The van der Waals surface area contributed by atoms with Crippen molar-refractivity contribution in [3.8, 4) is 11.5 Å². The predicted molar refractivity (Wildman–Crippen MR) is 101 cm³/mol. The molecule has 8 heteroatoms. The lowest BCUT2D eigenvalue weighted by Crippen LogP contribution is -2.44. The summed E-state index contributed by atoms with van der Waals surface area (Å²) in [7, 11) is 0. The van der Waals surface area contributed by atoms with Gasteiger partial charge in [0.15, 0.2) is 15.8 Å². The lowest BCUT2D eigenvalue weighted by molar-refractivity contribution is -0.120. The summed E-state index contributed by atoms with van der Waals surface area (Å²) in [5.74, 6) is 1.93. The monoisotopic (exact) mass is 391 g/mol. The minimum absolute atomic E-state index is 0.0274. The third-order valence-corrected chi connectivity index (χ3v) is 6.74. The number of rotatable bonds is 5. The Morgan fingerprint density at radius 2 is 2.00 bits per heavy atom. The maximum atomic E-state index is 12.6. The van der Waals surface area contributed by atoms with Crippen molar-refractivity contribution in [2.45, 2.75) is 42.5 Å². The molecule has 138 valence electrons. The molecular formula is C18H21N3O3S2. The van der Waals surface area contributed by atoms with Crippen molar-refractivity contribution in [3.63, 3.8) is 0 Å². The molecule has 1 aromatic heterocycles. The van der Waals surface area contributed by atoms with E-state index < -0.39 is 0 Å². The molecule has 2 aliphatic rings. The normalized spacial score (nSPS) is 17.9. The van der Waals surface area contributed by atoms with E-state index in [4.69, 9.17) is 9.47 Å². The minimum atomic E-state index is -0.315. The fraction of sp³-hybridized carbons (Fsp3) is 0.500. The van der Waals surface area contributed by atoms with Crippen molar-refractivity contribution < 1.29 is 14.3 Å². The van der Waals surface area contributed by atoms with Crippen LogP contribution in [-0.4, -0.2) is 35.1 Å². The molecule has 26 heavy (non-hydrogen) atoms. The second-order valence-corrected chi connectivity index (χ2v) is 8.98. The van der Waals surface area contributed by atoms with E-state index >= 15 is 0 Å². The van der Waals surface area contributed by atoms with Crippen LogP contribution in [0, 0.1) is 6.92 Å². The maximum Gasteiger partial charge on any atom is 0.231 e. The van der Waals surface area contributed by atoms with E-state index in [2.05, 4.69) is 21.6 Å². The van der Waals surface area contributed by atoms with Crippen molar-refractivity contribution in [3.05, 3.63) is 28.8 Å². The predicted octanol–water partition coefficient (Wildman–Crippen LogP) is 3.30. The van der Waals surface area contributed by atoms with Crippen LogP contribution in [0.25, 0.3) is 0 Å². The van der Waals surface area contributed by atoms with Gasteiger partial charge < -0.3 is 14.8 Å². The van der Waals surface area contributed by atoms with Gasteiger partial charge in [0.1, 0.15) is 18.2 Å². The standard InChI is InChI=1S/C18H21N3O3S2/c1-12-20-21-17(26-12)25-11-16(22)19-18(6-2-3-7-18)13-4-5-14-15(10-13)24-9-8-23-14/h4-5,10H,2-3,6-9,11H2,1H3,(H,19,22). The van der Waals surface area contributed by atoms with Crippen LogP contribution >= 0.6 is 23.1 Å². The Morgan fingerprint density at radius 1 is 1.23 bits per heavy atom. The summed E-state index contributed by atoms with van der Waals surface area (Å²) in [5.41, 5.74) is 0.786. The molecule has 1 aromatic carbocycles. The van der Waals surface area contributed by atoms with Gasteiger partial charge >= 0.3 is 0 Å². The Kier molecular flexibility index (Phi) is 5.04. The molecule has 0 saturated heterocycles. The molecule has 4 rings (SSSR count). The van der Waals surface area contributed by atoms with Gasteiger partial charge in [-0.2, -0.15) is 0 Å². The van der Waals surface area contributed by atoms with Gasteiger partial charge in [0.2, 0.25) is 5.91 Å². The highest BCUT2D eigenvalue weighted by Crippen LogP contribution is 2.42. The van der Waals surface area contributed by atoms with Crippen molar-refractivity contribution in [2.75, 3.05) is 19.0 Å². The second kappa shape index (κ2) is 7.44. The van der Waals surface area contributed by atoms with Crippen molar-refractivity contribution >= 4 is 29.0 Å². The van der Waals surface area contributed by atoms with Crippen molar-refractivity contribution in [1.29, 1.82) is 0 Å². The molecule has 1 aliphatic carbocycles. The van der Waals surface area contributed by atoms with Gasteiger partial charge in [-0.15, -0.1) is 10.2 Å². The summed E-state index contributed by atoms with van der Waals surface area (Å²) in [4.78, 5) is 12.6. The number of amides is 1. The van der Waals surface area contributed by atoms with Gasteiger partial charge in [-0.25, -0.2) is 0 Å². The third kappa shape index (κ3) is 3.66. The Bertz CT molecular complexity index is 803. The number of fused-ring (bicyclic) bond motifs is 1. The lowest BCUT2D eigenvalue weighted by Gasteiger charge is -2.32. The van der Waals surface area contributed by atoms with Crippen LogP contribution < -0.4 is 14.8 Å². The first-order valence-electron chi connectivity index (χ1n) is 8.79. The highest BCUT2D eigenvalue weighted by atomic mass is 32.2. The topological polar surface area (TPSA) is 73.3 Å². The number of nitrogens with zero attached hydrogens (tertiary/aromatic N) is 2. The summed E-state index contributed by atoms with van der Waals surface area (Å²) in [5, 5.41) is 12.3.